The smallest absolute Gasteiger partial charge is 0.312 e. The molecule has 0 unspecified atom stereocenters. The molecule has 0 aromatic carbocycles. The highest BCUT2D eigenvalue weighted by molar-refractivity contribution is 5.73. The van der Waals surface area contributed by atoms with Crippen molar-refractivity contribution in [1.82, 2.24) is 0 Å². The third-order valence-corrected chi connectivity index (χ3v) is 1.71. The van der Waals surface area contributed by atoms with Crippen LogP contribution in [0.1, 0.15) is 34.6 Å². The Kier molecular flexibility index (Phi) is 4.40. The zero-order valence-electron chi connectivity index (χ0n) is 9.13. The van der Waals surface area contributed by atoms with Crippen molar-refractivity contribution in [2.75, 3.05) is 6.61 Å². The third kappa shape index (κ3) is 4.88. The van der Waals surface area contributed by atoms with Gasteiger partial charge in [-0.05, 0) is 26.7 Å². The summed E-state index contributed by atoms with van der Waals surface area (Å²) in [7, 11) is 0. The second-order valence-electron chi connectivity index (χ2n) is 4.57. The highest BCUT2D eigenvalue weighted by atomic mass is 16.6. The Morgan fingerprint density at radius 2 is 1.85 bits per heavy atom. The highest BCUT2D eigenvalue weighted by Crippen LogP contribution is 2.16. The van der Waals surface area contributed by atoms with Crippen molar-refractivity contribution in [3.8, 4) is 0 Å². The van der Waals surface area contributed by atoms with Crippen molar-refractivity contribution >= 4 is 5.97 Å². The van der Waals surface area contributed by atoms with Gasteiger partial charge in [-0.1, -0.05) is 13.8 Å². The number of esters is 1. The van der Waals surface area contributed by atoms with E-state index in [-0.39, 0.29) is 18.5 Å². The van der Waals surface area contributed by atoms with E-state index in [4.69, 9.17) is 9.84 Å². The topological polar surface area (TPSA) is 46.5 Å². The van der Waals surface area contributed by atoms with Crippen molar-refractivity contribution in [2.24, 2.45) is 11.8 Å². The summed E-state index contributed by atoms with van der Waals surface area (Å²) < 4.78 is 5.15. The van der Waals surface area contributed by atoms with Gasteiger partial charge in [0.1, 0.15) is 5.60 Å². The maximum absolute atomic E-state index is 11.4. The summed E-state index contributed by atoms with van der Waals surface area (Å²) in [4.78, 5) is 11.4. The first-order valence-electron chi connectivity index (χ1n) is 4.61. The molecule has 0 saturated carbocycles. The Morgan fingerprint density at radius 1 is 1.38 bits per heavy atom. The lowest BCUT2D eigenvalue weighted by Gasteiger charge is -2.24. The molecule has 0 aromatic heterocycles. The molecule has 13 heavy (non-hydrogen) atoms. The Morgan fingerprint density at radius 3 is 2.08 bits per heavy atom. The second-order valence-corrected chi connectivity index (χ2v) is 4.57. The number of carbonyl (C=O) groups excluding carboxylic acids is 1. The lowest BCUT2D eigenvalue weighted by atomic mass is 9.97. The van der Waals surface area contributed by atoms with E-state index in [1.807, 2.05) is 34.6 Å². The van der Waals surface area contributed by atoms with Crippen LogP contribution >= 0.6 is 0 Å². The lowest BCUT2D eigenvalue weighted by molar-refractivity contribution is -0.163. The summed E-state index contributed by atoms with van der Waals surface area (Å²) in [6.45, 7) is 9.10. The van der Waals surface area contributed by atoms with E-state index in [2.05, 4.69) is 0 Å². The van der Waals surface area contributed by atoms with Gasteiger partial charge in [-0.3, -0.25) is 4.79 Å². The normalized spacial score (nSPS) is 14.4. The minimum Gasteiger partial charge on any atom is -0.460 e. The van der Waals surface area contributed by atoms with Crippen LogP contribution in [0.4, 0.5) is 0 Å². The van der Waals surface area contributed by atoms with Gasteiger partial charge in [0.25, 0.3) is 0 Å². The van der Waals surface area contributed by atoms with Gasteiger partial charge >= 0.3 is 5.97 Å². The summed E-state index contributed by atoms with van der Waals surface area (Å²) >= 11 is 0. The van der Waals surface area contributed by atoms with Crippen LogP contribution in [0.15, 0.2) is 0 Å². The fourth-order valence-corrected chi connectivity index (χ4v) is 0.935. The molecule has 0 aliphatic carbocycles. The molecule has 3 heteroatoms. The minimum atomic E-state index is -0.473. The average molecular weight is 188 g/mol. The molecule has 0 aliphatic rings. The zero-order chi connectivity index (χ0) is 10.6. The summed E-state index contributed by atoms with van der Waals surface area (Å²) in [5.41, 5.74) is -0.473. The zero-order valence-corrected chi connectivity index (χ0v) is 9.13. The van der Waals surface area contributed by atoms with Gasteiger partial charge in [0.15, 0.2) is 0 Å². The molecule has 0 aliphatic heterocycles. The Labute approximate surface area is 80.1 Å². The first kappa shape index (κ1) is 12.4. The van der Waals surface area contributed by atoms with E-state index in [1.54, 1.807) is 0 Å². The van der Waals surface area contributed by atoms with Crippen LogP contribution in [0.5, 0.6) is 0 Å². The number of carbonyl (C=O) groups is 1. The van der Waals surface area contributed by atoms with E-state index in [0.717, 1.165) is 0 Å². The van der Waals surface area contributed by atoms with Crippen molar-refractivity contribution in [3.63, 3.8) is 0 Å². The van der Waals surface area contributed by atoms with Gasteiger partial charge in [-0.25, -0.2) is 0 Å². The van der Waals surface area contributed by atoms with Crippen LogP contribution in [0.3, 0.4) is 0 Å². The number of rotatable bonds is 3. The van der Waals surface area contributed by atoms with Gasteiger partial charge in [-0.2, -0.15) is 0 Å². The van der Waals surface area contributed by atoms with Crippen LogP contribution in [-0.2, 0) is 9.53 Å². The molecule has 0 heterocycles. The molecule has 1 atom stereocenters. The van der Waals surface area contributed by atoms with Gasteiger partial charge in [0.05, 0.1) is 12.5 Å². The molecule has 3 nitrogen and oxygen atoms in total. The summed E-state index contributed by atoms with van der Waals surface area (Å²) in [6, 6.07) is 0. The largest absolute Gasteiger partial charge is 0.460 e. The quantitative estimate of drug-likeness (QED) is 0.684. The number of ether oxygens (including phenoxy) is 1. The molecule has 0 radical (unpaired) electrons. The van der Waals surface area contributed by atoms with E-state index < -0.39 is 11.5 Å². The third-order valence-electron chi connectivity index (χ3n) is 1.71. The molecule has 1 N–H and O–H groups in total. The Hall–Kier alpha value is -0.570. The number of hydrogen-bond acceptors (Lipinski definition) is 3. The molecule has 0 amide bonds. The van der Waals surface area contributed by atoms with Crippen molar-refractivity contribution in [2.45, 2.75) is 40.2 Å². The molecule has 0 spiro atoms. The van der Waals surface area contributed by atoms with Gasteiger partial charge < -0.3 is 9.84 Å². The van der Waals surface area contributed by atoms with Crippen LogP contribution in [0, 0.1) is 11.8 Å². The summed E-state index contributed by atoms with van der Waals surface area (Å²) in [5.74, 6) is -0.607. The highest BCUT2D eigenvalue weighted by Gasteiger charge is 2.26. The molecule has 0 aromatic rings. The molecule has 0 fully saturated rings. The van der Waals surface area contributed by atoms with Crippen LogP contribution in [0.25, 0.3) is 0 Å². The molecule has 78 valence electrons. The first-order valence-corrected chi connectivity index (χ1v) is 4.61. The maximum atomic E-state index is 11.4. The molecular weight excluding hydrogens is 168 g/mol. The lowest BCUT2D eigenvalue weighted by Crippen LogP contribution is -2.32. The molecule has 0 bridgehead atoms. The standard InChI is InChI=1S/C10H20O3/c1-7(2)8(6-11)9(12)13-10(3,4)5/h7-8,11H,6H2,1-5H3/t8-/m0/s1. The second kappa shape index (κ2) is 4.61. The Balaban J connectivity index is 4.23. The number of aliphatic hydroxyl groups is 1. The molecule has 0 saturated heterocycles. The van der Waals surface area contributed by atoms with Gasteiger partial charge in [0.2, 0.25) is 0 Å². The maximum Gasteiger partial charge on any atom is 0.312 e. The van der Waals surface area contributed by atoms with Crippen LogP contribution in [0.2, 0.25) is 0 Å². The van der Waals surface area contributed by atoms with Crippen molar-refractivity contribution in [3.05, 3.63) is 0 Å². The van der Waals surface area contributed by atoms with Gasteiger partial charge in [-0.15, -0.1) is 0 Å². The van der Waals surface area contributed by atoms with Crippen LogP contribution < -0.4 is 0 Å². The summed E-state index contributed by atoms with van der Waals surface area (Å²) in [6.07, 6.45) is 0. The summed E-state index contributed by atoms with van der Waals surface area (Å²) in [5, 5.41) is 8.96. The minimum absolute atomic E-state index is 0.111. The van der Waals surface area contributed by atoms with Gasteiger partial charge in [0, 0.05) is 0 Å². The predicted molar refractivity (Wildman–Crippen MR) is 51.3 cm³/mol. The van der Waals surface area contributed by atoms with E-state index in [1.165, 1.54) is 0 Å². The SMILES string of the molecule is CC(C)[C@H](CO)C(=O)OC(C)(C)C. The monoisotopic (exact) mass is 188 g/mol. The first-order chi connectivity index (χ1) is 5.78. The average Bonchev–Trinajstić information content (AvgIpc) is 1.82. The molecule has 0 rings (SSSR count). The van der Waals surface area contributed by atoms with E-state index in [9.17, 15) is 4.79 Å². The predicted octanol–water partition coefficient (Wildman–Crippen LogP) is 1.59. The fraction of sp³-hybridized carbons (Fsp3) is 0.900. The number of hydrogen-bond donors (Lipinski definition) is 1. The van der Waals surface area contributed by atoms with Crippen LogP contribution in [-0.4, -0.2) is 23.3 Å². The van der Waals surface area contributed by atoms with Crippen molar-refractivity contribution < 1.29 is 14.6 Å². The van der Waals surface area contributed by atoms with E-state index in [0.29, 0.717) is 0 Å². The van der Waals surface area contributed by atoms with E-state index >= 15 is 0 Å². The molecular formula is C10H20O3. The number of aliphatic hydroxyl groups excluding tert-OH is 1. The fourth-order valence-electron chi connectivity index (χ4n) is 0.935. The van der Waals surface area contributed by atoms with Crippen molar-refractivity contribution in [1.29, 1.82) is 0 Å². The Bertz CT molecular complexity index is 167.